The maximum Gasteiger partial charge on any atom is 0.502 e. The van der Waals surface area contributed by atoms with Gasteiger partial charge >= 0.3 is 8.80 Å². The first kappa shape index (κ1) is 19.1. The Kier molecular flexibility index (Phi) is 11.9. The van der Waals surface area contributed by atoms with Gasteiger partial charge < -0.3 is 19.0 Å². The van der Waals surface area contributed by atoms with Crippen molar-refractivity contribution in [3.63, 3.8) is 0 Å². The van der Waals surface area contributed by atoms with Gasteiger partial charge in [0.25, 0.3) is 0 Å². The third-order valence-electron chi connectivity index (χ3n) is 2.93. The van der Waals surface area contributed by atoms with Gasteiger partial charge in [-0.05, 0) is 27.2 Å². The third-order valence-corrected chi connectivity index (χ3v) is 6.08. The summed E-state index contributed by atoms with van der Waals surface area (Å²) in [5, 5.41) is 0. The number of nitrogens with two attached hydrogens (primary N) is 1. The number of unbranched alkanes of at least 4 members (excludes halogenated alkanes) is 5. The van der Waals surface area contributed by atoms with Crippen molar-refractivity contribution in [2.75, 3.05) is 13.2 Å². The van der Waals surface area contributed by atoms with Crippen molar-refractivity contribution in [2.24, 2.45) is 5.73 Å². The zero-order valence-electron chi connectivity index (χ0n) is 13.2. The van der Waals surface area contributed by atoms with E-state index in [0.29, 0.717) is 13.2 Å². The average Bonchev–Trinajstić information content (AvgIpc) is 2.33. The predicted molar refractivity (Wildman–Crippen MR) is 81.9 cm³/mol. The molecule has 0 aliphatic rings. The fraction of sp³-hybridized carbons (Fsp3) is 1.00. The van der Waals surface area contributed by atoms with Crippen LogP contribution in [0.1, 0.15) is 66.2 Å². The molecule has 0 aromatic rings. The minimum absolute atomic E-state index is 0.329. The molecule has 0 fully saturated rings. The number of hydrogen-bond acceptors (Lipinski definition) is 4. The SMILES string of the molecule is CCCCCCCC[Si](OCC)(OCC)OC(C)N. The molecule has 0 aliphatic heterocycles. The van der Waals surface area contributed by atoms with E-state index >= 15 is 0 Å². The summed E-state index contributed by atoms with van der Waals surface area (Å²) >= 11 is 0. The summed E-state index contributed by atoms with van der Waals surface area (Å²) in [6.07, 6.45) is 7.21. The fourth-order valence-electron chi connectivity index (χ4n) is 2.16. The maximum absolute atomic E-state index is 5.82. The van der Waals surface area contributed by atoms with E-state index < -0.39 is 8.80 Å². The molecule has 0 spiro atoms. The predicted octanol–water partition coefficient (Wildman–Crippen LogP) is 3.68. The van der Waals surface area contributed by atoms with Gasteiger partial charge in [0.05, 0.1) is 6.23 Å². The van der Waals surface area contributed by atoms with Crippen molar-refractivity contribution in [1.82, 2.24) is 0 Å². The summed E-state index contributed by atoms with van der Waals surface area (Å²) in [6.45, 7) is 9.27. The molecule has 0 rings (SSSR count). The van der Waals surface area contributed by atoms with Crippen LogP contribution in [0.5, 0.6) is 0 Å². The topological polar surface area (TPSA) is 53.7 Å². The van der Waals surface area contributed by atoms with E-state index in [-0.39, 0.29) is 6.23 Å². The van der Waals surface area contributed by atoms with Crippen molar-refractivity contribution in [2.45, 2.75) is 78.5 Å². The van der Waals surface area contributed by atoms with Gasteiger partial charge in [-0.2, -0.15) is 0 Å². The molecule has 4 nitrogen and oxygen atoms in total. The summed E-state index contributed by atoms with van der Waals surface area (Å²) in [4.78, 5) is 0. The lowest BCUT2D eigenvalue weighted by Crippen LogP contribution is -2.49. The van der Waals surface area contributed by atoms with Gasteiger partial charge in [-0.3, -0.25) is 0 Å². The van der Waals surface area contributed by atoms with Gasteiger partial charge in [-0.15, -0.1) is 0 Å². The Bertz CT molecular complexity index is 197. The highest BCUT2D eigenvalue weighted by Crippen LogP contribution is 2.21. The Morgan fingerprint density at radius 3 is 1.89 bits per heavy atom. The smallest absolute Gasteiger partial charge is 0.374 e. The molecule has 0 aromatic heterocycles. The second-order valence-corrected chi connectivity index (χ2v) is 7.57. The Labute approximate surface area is 120 Å². The van der Waals surface area contributed by atoms with Crippen LogP contribution in [-0.4, -0.2) is 28.2 Å². The minimum atomic E-state index is -2.55. The van der Waals surface area contributed by atoms with E-state index in [1.807, 2.05) is 20.8 Å². The quantitative estimate of drug-likeness (QED) is 0.319. The molecule has 0 aliphatic carbocycles. The first-order valence-corrected chi connectivity index (χ1v) is 9.74. The molecular weight excluding hydrogens is 258 g/mol. The molecule has 0 saturated heterocycles. The second-order valence-electron chi connectivity index (χ2n) is 4.89. The molecule has 0 heterocycles. The molecule has 1 unspecified atom stereocenters. The molecule has 2 N–H and O–H groups in total. The molecule has 1 atom stereocenters. The second kappa shape index (κ2) is 11.8. The van der Waals surface area contributed by atoms with E-state index in [2.05, 4.69) is 6.92 Å². The molecule has 0 saturated carbocycles. The highest BCUT2D eigenvalue weighted by atomic mass is 28.4. The van der Waals surface area contributed by atoms with Gasteiger partial charge in [0.1, 0.15) is 0 Å². The molecule has 116 valence electrons. The minimum Gasteiger partial charge on any atom is -0.374 e. The summed E-state index contributed by atoms with van der Waals surface area (Å²) in [5.41, 5.74) is 5.76. The van der Waals surface area contributed by atoms with Gasteiger partial charge in [-0.1, -0.05) is 39.0 Å². The highest BCUT2D eigenvalue weighted by Gasteiger charge is 2.41. The lowest BCUT2D eigenvalue weighted by atomic mass is 10.1. The Morgan fingerprint density at radius 1 is 0.895 bits per heavy atom. The largest absolute Gasteiger partial charge is 0.502 e. The van der Waals surface area contributed by atoms with Crippen LogP contribution in [0.15, 0.2) is 0 Å². The fourth-order valence-corrected chi connectivity index (χ4v) is 4.91. The van der Waals surface area contributed by atoms with Crippen LogP contribution >= 0.6 is 0 Å². The lowest BCUT2D eigenvalue weighted by molar-refractivity contribution is 0.0399. The normalized spacial score (nSPS) is 13.7. The highest BCUT2D eigenvalue weighted by molar-refractivity contribution is 6.60. The van der Waals surface area contributed by atoms with Crippen LogP contribution in [0.2, 0.25) is 6.04 Å². The molecule has 0 aromatic carbocycles. The molecule has 0 radical (unpaired) electrons. The van der Waals surface area contributed by atoms with Crippen molar-refractivity contribution in [3.8, 4) is 0 Å². The van der Waals surface area contributed by atoms with Crippen LogP contribution in [0.3, 0.4) is 0 Å². The van der Waals surface area contributed by atoms with Crippen molar-refractivity contribution >= 4 is 8.80 Å². The van der Waals surface area contributed by atoms with E-state index in [9.17, 15) is 0 Å². The lowest BCUT2D eigenvalue weighted by Gasteiger charge is -2.30. The molecule has 0 bridgehead atoms. The summed E-state index contributed by atoms with van der Waals surface area (Å²) in [5.74, 6) is 0. The van der Waals surface area contributed by atoms with Crippen molar-refractivity contribution in [1.29, 1.82) is 0 Å². The van der Waals surface area contributed by atoms with Crippen LogP contribution in [0, 0.1) is 0 Å². The van der Waals surface area contributed by atoms with Gasteiger partial charge in [0, 0.05) is 19.3 Å². The van der Waals surface area contributed by atoms with E-state index in [1.54, 1.807) is 0 Å². The van der Waals surface area contributed by atoms with Crippen LogP contribution in [0.25, 0.3) is 0 Å². The Balaban J connectivity index is 4.15. The molecular formula is C14H33NO3Si. The van der Waals surface area contributed by atoms with E-state index in [4.69, 9.17) is 19.0 Å². The van der Waals surface area contributed by atoms with Gasteiger partial charge in [0.2, 0.25) is 0 Å². The Morgan fingerprint density at radius 2 is 1.42 bits per heavy atom. The molecule has 0 amide bonds. The van der Waals surface area contributed by atoms with Crippen molar-refractivity contribution in [3.05, 3.63) is 0 Å². The third kappa shape index (κ3) is 9.57. The van der Waals surface area contributed by atoms with E-state index in [1.165, 1.54) is 32.1 Å². The number of hydrogen-bond donors (Lipinski definition) is 1. The first-order chi connectivity index (χ1) is 9.10. The summed E-state index contributed by atoms with van der Waals surface area (Å²) in [7, 11) is -2.55. The zero-order valence-corrected chi connectivity index (χ0v) is 14.2. The Hall–Kier alpha value is 0.0569. The summed E-state index contributed by atoms with van der Waals surface area (Å²) < 4.78 is 17.5. The monoisotopic (exact) mass is 291 g/mol. The first-order valence-electron chi connectivity index (χ1n) is 7.81. The molecule has 5 heteroatoms. The average molecular weight is 292 g/mol. The van der Waals surface area contributed by atoms with Crippen LogP contribution < -0.4 is 5.73 Å². The standard InChI is InChI=1S/C14H33NO3Si/c1-5-8-9-10-11-12-13-19(16-6-2,17-7-3)18-14(4)15/h14H,5-13,15H2,1-4H3. The van der Waals surface area contributed by atoms with Crippen LogP contribution in [-0.2, 0) is 13.3 Å². The maximum atomic E-state index is 5.82. The van der Waals surface area contributed by atoms with Crippen LogP contribution in [0.4, 0.5) is 0 Å². The van der Waals surface area contributed by atoms with Crippen molar-refractivity contribution < 1.29 is 13.3 Å². The summed E-state index contributed by atoms with van der Waals surface area (Å²) in [6, 6.07) is 0.877. The van der Waals surface area contributed by atoms with E-state index in [0.717, 1.165) is 12.5 Å². The zero-order chi connectivity index (χ0) is 14.6. The molecule has 19 heavy (non-hydrogen) atoms. The number of rotatable bonds is 13. The van der Waals surface area contributed by atoms with Gasteiger partial charge in [-0.25, -0.2) is 0 Å². The van der Waals surface area contributed by atoms with Gasteiger partial charge in [0.15, 0.2) is 0 Å².